The lowest BCUT2D eigenvalue weighted by atomic mass is 9.99. The van der Waals surface area contributed by atoms with E-state index in [1.54, 1.807) is 0 Å². The number of nitrogens with two attached hydrogens (primary N) is 1. The zero-order valence-electron chi connectivity index (χ0n) is 7.51. The average Bonchev–Trinajstić information content (AvgIpc) is 2.07. The maximum atomic E-state index is 6.03. The molecule has 0 bridgehead atoms. The van der Waals surface area contributed by atoms with Crippen molar-refractivity contribution >= 4 is 11.6 Å². The molecular formula is C10H12ClNO. The van der Waals surface area contributed by atoms with Crippen LogP contribution in [-0.2, 0) is 0 Å². The molecule has 0 radical (unpaired) electrons. The third kappa shape index (κ3) is 1.52. The van der Waals surface area contributed by atoms with E-state index in [1.165, 1.54) is 0 Å². The van der Waals surface area contributed by atoms with E-state index in [4.69, 9.17) is 22.1 Å². The normalized spacial score (nSPS) is 20.7. The molecule has 2 nitrogen and oxygen atoms in total. The van der Waals surface area contributed by atoms with Crippen LogP contribution in [0.25, 0.3) is 0 Å². The summed E-state index contributed by atoms with van der Waals surface area (Å²) in [5, 5.41) is 0.671. The number of aryl methyl sites for hydroxylation is 1. The van der Waals surface area contributed by atoms with Gasteiger partial charge in [-0.25, -0.2) is 0 Å². The van der Waals surface area contributed by atoms with Crippen LogP contribution < -0.4 is 10.5 Å². The first-order chi connectivity index (χ1) is 6.18. The molecule has 2 rings (SSSR count). The van der Waals surface area contributed by atoms with Crippen LogP contribution in [0.3, 0.4) is 0 Å². The third-order valence-corrected chi connectivity index (χ3v) is 2.57. The zero-order valence-corrected chi connectivity index (χ0v) is 8.27. The SMILES string of the molecule is Cc1cc(Cl)c2c(c1)[C@H](N)CCO2. The molecule has 0 aliphatic carbocycles. The van der Waals surface area contributed by atoms with Crippen molar-refractivity contribution in [3.63, 3.8) is 0 Å². The first kappa shape index (κ1) is 8.85. The van der Waals surface area contributed by atoms with Gasteiger partial charge in [-0.3, -0.25) is 0 Å². The number of hydrogen-bond donors (Lipinski definition) is 1. The molecule has 0 amide bonds. The van der Waals surface area contributed by atoms with Crippen LogP contribution in [0.4, 0.5) is 0 Å². The molecule has 1 aromatic carbocycles. The van der Waals surface area contributed by atoms with E-state index < -0.39 is 0 Å². The molecule has 2 N–H and O–H groups in total. The molecule has 0 spiro atoms. The predicted molar refractivity (Wildman–Crippen MR) is 53.2 cm³/mol. The topological polar surface area (TPSA) is 35.2 Å². The van der Waals surface area contributed by atoms with Gasteiger partial charge < -0.3 is 10.5 Å². The molecule has 1 atom stereocenters. The Morgan fingerprint density at radius 3 is 3.08 bits per heavy atom. The highest BCUT2D eigenvalue weighted by atomic mass is 35.5. The second-order valence-corrected chi connectivity index (χ2v) is 3.82. The van der Waals surface area contributed by atoms with E-state index in [0.29, 0.717) is 11.6 Å². The van der Waals surface area contributed by atoms with E-state index in [9.17, 15) is 0 Å². The highest BCUT2D eigenvalue weighted by Gasteiger charge is 2.20. The first-order valence-corrected chi connectivity index (χ1v) is 4.74. The summed E-state index contributed by atoms with van der Waals surface area (Å²) in [5.41, 5.74) is 8.11. The van der Waals surface area contributed by atoms with Crippen molar-refractivity contribution in [2.24, 2.45) is 5.73 Å². The minimum atomic E-state index is 0.0705. The molecule has 1 aromatic rings. The van der Waals surface area contributed by atoms with Crippen molar-refractivity contribution in [2.75, 3.05) is 6.61 Å². The fraction of sp³-hybridized carbons (Fsp3) is 0.400. The molecule has 1 heterocycles. The van der Waals surface area contributed by atoms with E-state index in [-0.39, 0.29) is 6.04 Å². The first-order valence-electron chi connectivity index (χ1n) is 4.37. The standard InChI is InChI=1S/C10H12ClNO/c1-6-4-7-9(12)2-3-13-10(7)8(11)5-6/h4-5,9H,2-3,12H2,1H3/t9-/m1/s1. The van der Waals surface area contributed by atoms with Gasteiger partial charge in [0.25, 0.3) is 0 Å². The van der Waals surface area contributed by atoms with Gasteiger partial charge in [0.05, 0.1) is 11.6 Å². The van der Waals surface area contributed by atoms with Crippen LogP contribution in [0.2, 0.25) is 5.02 Å². The molecule has 3 heteroatoms. The minimum absolute atomic E-state index is 0.0705. The molecule has 70 valence electrons. The quantitative estimate of drug-likeness (QED) is 0.694. The number of ether oxygens (including phenoxy) is 1. The Hall–Kier alpha value is -0.730. The Kier molecular flexibility index (Phi) is 2.18. The number of benzene rings is 1. The number of rotatable bonds is 0. The second-order valence-electron chi connectivity index (χ2n) is 3.41. The van der Waals surface area contributed by atoms with Crippen LogP contribution in [0.15, 0.2) is 12.1 Å². The summed E-state index contributed by atoms with van der Waals surface area (Å²) < 4.78 is 5.47. The van der Waals surface area contributed by atoms with Gasteiger partial charge in [0.1, 0.15) is 5.75 Å². The molecule has 0 unspecified atom stereocenters. The Balaban J connectivity index is 2.56. The Labute approximate surface area is 82.6 Å². The molecule has 1 aliphatic heterocycles. The van der Waals surface area contributed by atoms with E-state index in [0.717, 1.165) is 23.3 Å². The van der Waals surface area contributed by atoms with Crippen molar-refractivity contribution in [2.45, 2.75) is 19.4 Å². The highest BCUT2D eigenvalue weighted by molar-refractivity contribution is 6.32. The summed E-state index contributed by atoms with van der Waals surface area (Å²) >= 11 is 6.03. The van der Waals surface area contributed by atoms with Crippen molar-refractivity contribution in [1.29, 1.82) is 0 Å². The molecule has 13 heavy (non-hydrogen) atoms. The fourth-order valence-corrected chi connectivity index (χ4v) is 1.96. The summed E-state index contributed by atoms with van der Waals surface area (Å²) in [6.07, 6.45) is 0.868. The molecule has 0 aromatic heterocycles. The van der Waals surface area contributed by atoms with Crippen LogP contribution in [0.1, 0.15) is 23.6 Å². The summed E-state index contributed by atoms with van der Waals surface area (Å²) in [6, 6.07) is 4.02. The molecule has 0 fully saturated rings. The molecule has 1 aliphatic rings. The number of fused-ring (bicyclic) bond motifs is 1. The number of halogens is 1. The van der Waals surface area contributed by atoms with E-state index in [2.05, 4.69) is 0 Å². The van der Waals surface area contributed by atoms with Gasteiger partial charge in [0, 0.05) is 18.0 Å². The lowest BCUT2D eigenvalue weighted by Gasteiger charge is -2.24. The summed E-state index contributed by atoms with van der Waals surface area (Å²) in [6.45, 7) is 2.67. The van der Waals surface area contributed by atoms with Crippen molar-refractivity contribution in [1.82, 2.24) is 0 Å². The van der Waals surface area contributed by atoms with Gasteiger partial charge in [-0.1, -0.05) is 17.7 Å². The largest absolute Gasteiger partial charge is 0.492 e. The highest BCUT2D eigenvalue weighted by Crippen LogP contribution is 2.37. The monoisotopic (exact) mass is 197 g/mol. The van der Waals surface area contributed by atoms with Gasteiger partial charge in [0.2, 0.25) is 0 Å². The average molecular weight is 198 g/mol. The van der Waals surface area contributed by atoms with Gasteiger partial charge in [-0.15, -0.1) is 0 Å². The smallest absolute Gasteiger partial charge is 0.142 e. The minimum Gasteiger partial charge on any atom is -0.492 e. The van der Waals surface area contributed by atoms with E-state index in [1.807, 2.05) is 19.1 Å². The van der Waals surface area contributed by atoms with Gasteiger partial charge >= 0.3 is 0 Å². The van der Waals surface area contributed by atoms with Gasteiger partial charge in [-0.2, -0.15) is 0 Å². The lowest BCUT2D eigenvalue weighted by Crippen LogP contribution is -2.20. The van der Waals surface area contributed by atoms with Crippen LogP contribution in [-0.4, -0.2) is 6.61 Å². The van der Waals surface area contributed by atoms with Crippen molar-refractivity contribution < 1.29 is 4.74 Å². The fourth-order valence-electron chi connectivity index (χ4n) is 1.63. The van der Waals surface area contributed by atoms with Crippen molar-refractivity contribution in [3.05, 3.63) is 28.3 Å². The zero-order chi connectivity index (χ0) is 9.42. The van der Waals surface area contributed by atoms with Crippen molar-refractivity contribution in [3.8, 4) is 5.75 Å². The van der Waals surface area contributed by atoms with Crippen LogP contribution >= 0.6 is 11.6 Å². The Morgan fingerprint density at radius 2 is 2.31 bits per heavy atom. The Morgan fingerprint density at radius 1 is 1.54 bits per heavy atom. The van der Waals surface area contributed by atoms with Gasteiger partial charge in [0.15, 0.2) is 0 Å². The number of hydrogen-bond acceptors (Lipinski definition) is 2. The van der Waals surface area contributed by atoms with Crippen LogP contribution in [0.5, 0.6) is 5.75 Å². The van der Waals surface area contributed by atoms with E-state index >= 15 is 0 Å². The Bertz CT molecular complexity index is 338. The second kappa shape index (κ2) is 3.20. The summed E-state index contributed by atoms with van der Waals surface area (Å²) in [5.74, 6) is 0.769. The maximum absolute atomic E-state index is 6.03. The third-order valence-electron chi connectivity index (χ3n) is 2.29. The molecular weight excluding hydrogens is 186 g/mol. The lowest BCUT2D eigenvalue weighted by molar-refractivity contribution is 0.269. The predicted octanol–water partition coefficient (Wildman–Crippen LogP) is 2.43. The summed E-state index contributed by atoms with van der Waals surface area (Å²) in [7, 11) is 0. The summed E-state index contributed by atoms with van der Waals surface area (Å²) in [4.78, 5) is 0. The van der Waals surface area contributed by atoms with Crippen LogP contribution in [0, 0.1) is 6.92 Å². The molecule has 0 saturated heterocycles. The molecule has 0 saturated carbocycles. The van der Waals surface area contributed by atoms with Gasteiger partial charge in [-0.05, 0) is 18.6 Å². The maximum Gasteiger partial charge on any atom is 0.142 e.